The fourth-order valence-corrected chi connectivity index (χ4v) is 1.39. The minimum absolute atomic E-state index is 0.116. The van der Waals surface area contributed by atoms with Gasteiger partial charge in [-0.2, -0.15) is 4.98 Å². The lowest BCUT2D eigenvalue weighted by Gasteiger charge is -2.10. The summed E-state index contributed by atoms with van der Waals surface area (Å²) in [6, 6.07) is 1.75. The van der Waals surface area contributed by atoms with E-state index in [0.717, 1.165) is 19.4 Å². The Morgan fingerprint density at radius 2 is 2.24 bits per heavy atom. The number of hydrogen-bond donors (Lipinski definition) is 1. The molecule has 0 bridgehead atoms. The lowest BCUT2D eigenvalue weighted by atomic mass is 10.2. The Balaban J connectivity index is 2.43. The molecule has 1 N–H and O–H groups in total. The van der Waals surface area contributed by atoms with Gasteiger partial charge in [0.05, 0.1) is 6.10 Å². The Morgan fingerprint density at radius 1 is 1.47 bits per heavy atom. The number of rotatable bonds is 7. The molecule has 5 heteroatoms. The van der Waals surface area contributed by atoms with E-state index in [1.807, 2.05) is 13.8 Å². The van der Waals surface area contributed by atoms with E-state index >= 15 is 0 Å². The largest absolute Gasteiger partial charge is 0.475 e. The van der Waals surface area contributed by atoms with E-state index in [2.05, 4.69) is 22.2 Å². The van der Waals surface area contributed by atoms with Gasteiger partial charge in [-0.15, -0.1) is 11.6 Å². The van der Waals surface area contributed by atoms with Crippen LogP contribution in [0.25, 0.3) is 0 Å². The molecule has 0 aliphatic carbocycles. The molecule has 1 rings (SSSR count). The number of anilines is 1. The zero-order valence-corrected chi connectivity index (χ0v) is 11.4. The molecule has 0 saturated carbocycles. The summed E-state index contributed by atoms with van der Waals surface area (Å²) in [6.45, 7) is 6.78. The molecule has 0 spiro atoms. The van der Waals surface area contributed by atoms with Crippen LogP contribution in [0.1, 0.15) is 33.6 Å². The van der Waals surface area contributed by atoms with Crippen LogP contribution in [0.3, 0.4) is 0 Å². The standard InChI is InChI=1S/C12H20ClN3O/c1-4-10(13)5-7-14-12-15-8-6-11(16-12)17-9(2)3/h6,8-10H,4-5,7H2,1-3H3,(H,14,15,16). The number of halogens is 1. The smallest absolute Gasteiger partial charge is 0.225 e. The SMILES string of the molecule is CCC(Cl)CCNc1nccc(OC(C)C)n1. The highest BCUT2D eigenvalue weighted by molar-refractivity contribution is 6.20. The first kappa shape index (κ1) is 14.0. The molecule has 17 heavy (non-hydrogen) atoms. The van der Waals surface area contributed by atoms with Crippen LogP contribution in [-0.2, 0) is 0 Å². The summed E-state index contributed by atoms with van der Waals surface area (Å²) < 4.78 is 5.49. The molecule has 4 nitrogen and oxygen atoms in total. The van der Waals surface area contributed by atoms with Crippen LogP contribution in [0.5, 0.6) is 5.88 Å². The van der Waals surface area contributed by atoms with Crippen molar-refractivity contribution in [1.29, 1.82) is 0 Å². The summed E-state index contributed by atoms with van der Waals surface area (Å²) in [5.41, 5.74) is 0. The molecule has 0 aliphatic rings. The van der Waals surface area contributed by atoms with E-state index in [9.17, 15) is 0 Å². The molecule has 0 saturated heterocycles. The maximum atomic E-state index is 6.03. The molecule has 0 aliphatic heterocycles. The van der Waals surface area contributed by atoms with Crippen LogP contribution in [-0.4, -0.2) is 28.0 Å². The molecular formula is C12H20ClN3O. The second-order valence-electron chi connectivity index (χ2n) is 4.11. The highest BCUT2D eigenvalue weighted by atomic mass is 35.5. The van der Waals surface area contributed by atoms with Gasteiger partial charge in [0.15, 0.2) is 0 Å². The van der Waals surface area contributed by atoms with Gasteiger partial charge in [-0.05, 0) is 26.7 Å². The summed E-state index contributed by atoms with van der Waals surface area (Å²) in [5, 5.41) is 3.34. The molecule has 0 fully saturated rings. The minimum atomic E-state index is 0.116. The van der Waals surface area contributed by atoms with Gasteiger partial charge in [0.25, 0.3) is 0 Å². The molecule has 1 atom stereocenters. The van der Waals surface area contributed by atoms with Gasteiger partial charge in [-0.1, -0.05) is 6.92 Å². The molecular weight excluding hydrogens is 238 g/mol. The maximum absolute atomic E-state index is 6.03. The van der Waals surface area contributed by atoms with Crippen LogP contribution < -0.4 is 10.1 Å². The van der Waals surface area contributed by atoms with Crippen molar-refractivity contribution in [3.05, 3.63) is 12.3 Å². The third-order valence-corrected chi connectivity index (χ3v) is 2.70. The van der Waals surface area contributed by atoms with Gasteiger partial charge in [0.1, 0.15) is 0 Å². The average molecular weight is 258 g/mol. The second-order valence-corrected chi connectivity index (χ2v) is 4.72. The predicted molar refractivity (Wildman–Crippen MR) is 70.8 cm³/mol. The summed E-state index contributed by atoms with van der Waals surface area (Å²) in [4.78, 5) is 8.37. The Kier molecular flexibility index (Phi) is 6.05. The molecule has 1 aromatic rings. The number of ether oxygens (including phenoxy) is 1. The van der Waals surface area contributed by atoms with E-state index in [0.29, 0.717) is 11.8 Å². The van der Waals surface area contributed by atoms with Crippen molar-refractivity contribution in [3.63, 3.8) is 0 Å². The Labute approximate surface area is 108 Å². The Hall–Kier alpha value is -1.03. The van der Waals surface area contributed by atoms with Crippen molar-refractivity contribution in [2.75, 3.05) is 11.9 Å². The van der Waals surface area contributed by atoms with Gasteiger partial charge in [0, 0.05) is 24.2 Å². The predicted octanol–water partition coefficient (Wildman–Crippen LogP) is 3.08. The normalized spacial score (nSPS) is 12.5. The third-order valence-electron chi connectivity index (χ3n) is 2.17. The van der Waals surface area contributed by atoms with E-state index in [1.54, 1.807) is 12.3 Å². The number of alkyl halides is 1. The first-order valence-corrected chi connectivity index (χ1v) is 6.43. The van der Waals surface area contributed by atoms with E-state index in [-0.39, 0.29) is 11.5 Å². The average Bonchev–Trinajstić information content (AvgIpc) is 2.28. The number of aromatic nitrogens is 2. The van der Waals surface area contributed by atoms with Crippen molar-refractivity contribution in [1.82, 2.24) is 9.97 Å². The monoisotopic (exact) mass is 257 g/mol. The van der Waals surface area contributed by atoms with Crippen LogP contribution in [0.4, 0.5) is 5.95 Å². The van der Waals surface area contributed by atoms with Gasteiger partial charge in [-0.25, -0.2) is 4.98 Å². The summed E-state index contributed by atoms with van der Waals surface area (Å²) in [7, 11) is 0. The Bertz CT molecular complexity index is 333. The highest BCUT2D eigenvalue weighted by Gasteiger charge is 2.04. The summed E-state index contributed by atoms with van der Waals surface area (Å²) in [5.74, 6) is 1.18. The molecule has 1 heterocycles. The van der Waals surface area contributed by atoms with Crippen LogP contribution in [0.2, 0.25) is 0 Å². The van der Waals surface area contributed by atoms with Gasteiger partial charge in [-0.3, -0.25) is 0 Å². The van der Waals surface area contributed by atoms with E-state index < -0.39 is 0 Å². The van der Waals surface area contributed by atoms with Gasteiger partial charge >= 0.3 is 0 Å². The van der Waals surface area contributed by atoms with Gasteiger partial charge < -0.3 is 10.1 Å². The maximum Gasteiger partial charge on any atom is 0.225 e. The first-order chi connectivity index (χ1) is 8.11. The van der Waals surface area contributed by atoms with Crippen LogP contribution >= 0.6 is 11.6 Å². The molecule has 1 unspecified atom stereocenters. The minimum Gasteiger partial charge on any atom is -0.475 e. The lowest BCUT2D eigenvalue weighted by Crippen LogP contribution is -2.12. The zero-order chi connectivity index (χ0) is 12.7. The van der Waals surface area contributed by atoms with E-state index in [4.69, 9.17) is 16.3 Å². The van der Waals surface area contributed by atoms with Crippen molar-refractivity contribution >= 4 is 17.5 Å². The molecule has 0 aromatic carbocycles. The third kappa shape index (κ3) is 5.73. The van der Waals surface area contributed by atoms with Crippen molar-refractivity contribution in [2.24, 2.45) is 0 Å². The quantitative estimate of drug-likeness (QED) is 0.763. The Morgan fingerprint density at radius 3 is 2.88 bits per heavy atom. The number of nitrogens with zero attached hydrogens (tertiary/aromatic N) is 2. The van der Waals surface area contributed by atoms with Crippen molar-refractivity contribution < 1.29 is 4.74 Å². The topological polar surface area (TPSA) is 47.0 Å². The first-order valence-electron chi connectivity index (χ1n) is 5.99. The lowest BCUT2D eigenvalue weighted by molar-refractivity contribution is 0.232. The zero-order valence-electron chi connectivity index (χ0n) is 10.6. The van der Waals surface area contributed by atoms with Crippen molar-refractivity contribution in [2.45, 2.75) is 45.1 Å². The van der Waals surface area contributed by atoms with Crippen molar-refractivity contribution in [3.8, 4) is 5.88 Å². The van der Waals surface area contributed by atoms with E-state index in [1.165, 1.54) is 0 Å². The fraction of sp³-hybridized carbons (Fsp3) is 0.667. The molecule has 96 valence electrons. The number of hydrogen-bond acceptors (Lipinski definition) is 4. The molecule has 0 amide bonds. The van der Waals surface area contributed by atoms with Crippen LogP contribution in [0, 0.1) is 0 Å². The van der Waals surface area contributed by atoms with Crippen LogP contribution in [0.15, 0.2) is 12.3 Å². The highest BCUT2D eigenvalue weighted by Crippen LogP contribution is 2.11. The fourth-order valence-electron chi connectivity index (χ4n) is 1.28. The molecule has 1 aromatic heterocycles. The van der Waals surface area contributed by atoms with Gasteiger partial charge in [0.2, 0.25) is 11.8 Å². The molecule has 0 radical (unpaired) electrons. The second kappa shape index (κ2) is 7.33. The summed E-state index contributed by atoms with van der Waals surface area (Å²) in [6.07, 6.45) is 3.67. The summed E-state index contributed by atoms with van der Waals surface area (Å²) >= 11 is 6.03. The number of nitrogens with one attached hydrogen (secondary N) is 1.